The van der Waals surface area contributed by atoms with Gasteiger partial charge in [-0.15, -0.1) is 11.3 Å². The molecule has 0 unspecified atom stereocenters. The van der Waals surface area contributed by atoms with Gasteiger partial charge in [0.2, 0.25) is 5.76 Å². The molecule has 1 amide bonds. The first-order valence-corrected chi connectivity index (χ1v) is 6.87. The molecule has 2 rings (SSSR count). The van der Waals surface area contributed by atoms with Gasteiger partial charge < -0.3 is 14.8 Å². The summed E-state index contributed by atoms with van der Waals surface area (Å²) in [6, 6.07) is 1.88. The highest BCUT2D eigenvalue weighted by atomic mass is 32.1. The fourth-order valence-corrected chi connectivity index (χ4v) is 2.43. The van der Waals surface area contributed by atoms with Crippen LogP contribution in [0.2, 0.25) is 0 Å². The zero-order chi connectivity index (χ0) is 14.5. The maximum Gasteiger partial charge on any atom is 0.289 e. The van der Waals surface area contributed by atoms with Gasteiger partial charge >= 0.3 is 0 Å². The summed E-state index contributed by atoms with van der Waals surface area (Å²) in [5, 5.41) is 13.3. The number of oxazole rings is 1. The Morgan fingerprint density at radius 2 is 2.35 bits per heavy atom. The van der Waals surface area contributed by atoms with Crippen LogP contribution in [0.25, 0.3) is 0 Å². The van der Waals surface area contributed by atoms with Gasteiger partial charge in [-0.3, -0.25) is 4.79 Å². The maximum atomic E-state index is 11.9. The van der Waals surface area contributed by atoms with E-state index in [1.807, 2.05) is 11.4 Å². The van der Waals surface area contributed by atoms with Crippen LogP contribution in [-0.4, -0.2) is 22.6 Å². The van der Waals surface area contributed by atoms with Crippen molar-refractivity contribution < 1.29 is 14.3 Å². The number of carbonyl (C=O) groups is 1. The van der Waals surface area contributed by atoms with Gasteiger partial charge in [-0.05, 0) is 13.0 Å². The molecular formula is C14H14N2O3S. The van der Waals surface area contributed by atoms with Crippen molar-refractivity contribution in [2.24, 2.45) is 0 Å². The van der Waals surface area contributed by atoms with Gasteiger partial charge in [-0.25, -0.2) is 4.98 Å². The van der Waals surface area contributed by atoms with Gasteiger partial charge in [0, 0.05) is 22.7 Å². The first-order chi connectivity index (χ1) is 9.60. The average Bonchev–Trinajstić information content (AvgIpc) is 3.00. The molecule has 0 aliphatic carbocycles. The second kappa shape index (κ2) is 6.37. The molecule has 0 saturated heterocycles. The van der Waals surface area contributed by atoms with Crippen molar-refractivity contribution in [2.75, 3.05) is 6.61 Å². The maximum absolute atomic E-state index is 11.9. The Labute approximate surface area is 120 Å². The summed E-state index contributed by atoms with van der Waals surface area (Å²) in [5.41, 5.74) is 1.42. The Morgan fingerprint density at radius 1 is 1.55 bits per heavy atom. The lowest BCUT2D eigenvalue weighted by Gasteiger charge is -2.00. The number of nitrogens with zero attached hydrogens (tertiary/aromatic N) is 1. The van der Waals surface area contributed by atoms with Crippen LogP contribution in [0.1, 0.15) is 32.6 Å². The lowest BCUT2D eigenvalue weighted by atomic mass is 10.3. The van der Waals surface area contributed by atoms with E-state index in [1.54, 1.807) is 13.8 Å². The van der Waals surface area contributed by atoms with Gasteiger partial charge in [0.1, 0.15) is 6.61 Å². The van der Waals surface area contributed by atoms with E-state index in [-0.39, 0.29) is 18.3 Å². The summed E-state index contributed by atoms with van der Waals surface area (Å²) in [4.78, 5) is 17.0. The molecule has 5 nitrogen and oxygen atoms in total. The minimum absolute atomic E-state index is 0.161. The third kappa shape index (κ3) is 3.47. The van der Waals surface area contributed by atoms with Gasteiger partial charge in [0.05, 0.1) is 12.2 Å². The number of amides is 1. The van der Waals surface area contributed by atoms with Crippen LogP contribution in [0.5, 0.6) is 0 Å². The summed E-state index contributed by atoms with van der Waals surface area (Å²) < 4.78 is 5.25. The SMILES string of the molecule is Cc1nc(C)c(C(=O)NCc2cc(C#CCO)cs2)o1. The Kier molecular flexibility index (Phi) is 4.56. The molecule has 104 valence electrons. The second-order valence-electron chi connectivity index (χ2n) is 4.09. The molecule has 0 saturated carbocycles. The minimum atomic E-state index is -0.278. The fraction of sp³-hybridized carbons (Fsp3) is 0.286. The predicted molar refractivity (Wildman–Crippen MR) is 75.4 cm³/mol. The first kappa shape index (κ1) is 14.3. The highest BCUT2D eigenvalue weighted by molar-refractivity contribution is 7.10. The van der Waals surface area contributed by atoms with Crippen LogP contribution in [0, 0.1) is 25.7 Å². The molecule has 0 radical (unpaired) electrons. The summed E-state index contributed by atoms with van der Waals surface area (Å²) in [6.45, 7) is 3.68. The molecule has 6 heteroatoms. The van der Waals surface area contributed by atoms with Crippen LogP contribution < -0.4 is 5.32 Å². The number of carbonyl (C=O) groups excluding carboxylic acids is 1. The Morgan fingerprint density at radius 3 is 3.00 bits per heavy atom. The van der Waals surface area contributed by atoms with E-state index in [0.717, 1.165) is 10.4 Å². The quantitative estimate of drug-likeness (QED) is 0.842. The van der Waals surface area contributed by atoms with Gasteiger partial charge in [-0.2, -0.15) is 0 Å². The minimum Gasteiger partial charge on any atom is -0.436 e. The normalized spacial score (nSPS) is 9.95. The number of thiophene rings is 1. The predicted octanol–water partition coefficient (Wildman–Crippen LogP) is 1.63. The molecule has 0 spiro atoms. The standard InChI is InChI=1S/C14H14N2O3S/c1-9-13(19-10(2)16-9)14(18)15-7-12-6-11(8-20-12)4-3-5-17/h6,8,17H,5,7H2,1-2H3,(H,15,18). The molecule has 2 aromatic heterocycles. The highest BCUT2D eigenvalue weighted by Crippen LogP contribution is 2.14. The van der Waals surface area contributed by atoms with E-state index in [4.69, 9.17) is 9.52 Å². The van der Waals surface area contributed by atoms with Crippen LogP contribution in [-0.2, 0) is 6.54 Å². The smallest absolute Gasteiger partial charge is 0.289 e. The largest absolute Gasteiger partial charge is 0.436 e. The zero-order valence-electron chi connectivity index (χ0n) is 11.2. The van der Waals surface area contributed by atoms with E-state index in [9.17, 15) is 4.79 Å². The van der Waals surface area contributed by atoms with Crippen LogP contribution in [0.4, 0.5) is 0 Å². The Hall–Kier alpha value is -2.10. The molecule has 0 aliphatic heterocycles. The Balaban J connectivity index is 1.96. The molecule has 0 atom stereocenters. The molecule has 0 fully saturated rings. The highest BCUT2D eigenvalue weighted by Gasteiger charge is 2.15. The van der Waals surface area contributed by atoms with Gasteiger partial charge in [-0.1, -0.05) is 11.8 Å². The van der Waals surface area contributed by atoms with Crippen molar-refractivity contribution in [1.82, 2.24) is 10.3 Å². The van der Waals surface area contributed by atoms with Crippen molar-refractivity contribution in [3.05, 3.63) is 39.2 Å². The van der Waals surface area contributed by atoms with Crippen molar-refractivity contribution >= 4 is 17.2 Å². The van der Waals surface area contributed by atoms with E-state index in [0.29, 0.717) is 18.1 Å². The third-order valence-electron chi connectivity index (χ3n) is 2.50. The summed E-state index contributed by atoms with van der Waals surface area (Å²) >= 11 is 1.50. The van der Waals surface area contributed by atoms with Crippen molar-refractivity contribution in [2.45, 2.75) is 20.4 Å². The molecule has 0 aliphatic rings. The topological polar surface area (TPSA) is 75.4 Å². The number of aliphatic hydroxyl groups is 1. The number of aromatic nitrogens is 1. The molecule has 2 N–H and O–H groups in total. The number of aryl methyl sites for hydroxylation is 2. The summed E-state index contributed by atoms with van der Waals surface area (Å²) in [5.74, 6) is 5.84. The Bertz CT molecular complexity index is 676. The number of hydrogen-bond acceptors (Lipinski definition) is 5. The van der Waals surface area contributed by atoms with E-state index >= 15 is 0 Å². The van der Waals surface area contributed by atoms with E-state index < -0.39 is 0 Å². The number of nitrogens with one attached hydrogen (secondary N) is 1. The average molecular weight is 290 g/mol. The molecule has 2 heterocycles. The fourth-order valence-electron chi connectivity index (χ4n) is 1.67. The molecule has 0 aromatic carbocycles. The van der Waals surface area contributed by atoms with E-state index in [2.05, 4.69) is 22.1 Å². The molecule has 0 bridgehead atoms. The van der Waals surface area contributed by atoms with Crippen LogP contribution in [0.15, 0.2) is 15.9 Å². The molecular weight excluding hydrogens is 276 g/mol. The molecule has 20 heavy (non-hydrogen) atoms. The number of aliphatic hydroxyl groups excluding tert-OH is 1. The number of rotatable bonds is 3. The third-order valence-corrected chi connectivity index (χ3v) is 3.44. The van der Waals surface area contributed by atoms with Crippen LogP contribution >= 0.6 is 11.3 Å². The first-order valence-electron chi connectivity index (χ1n) is 5.99. The van der Waals surface area contributed by atoms with Crippen molar-refractivity contribution in [3.63, 3.8) is 0 Å². The van der Waals surface area contributed by atoms with Gasteiger partial charge in [0.15, 0.2) is 5.89 Å². The monoisotopic (exact) mass is 290 g/mol. The summed E-state index contributed by atoms with van der Waals surface area (Å²) in [6.07, 6.45) is 0. The van der Waals surface area contributed by atoms with Gasteiger partial charge in [0.25, 0.3) is 5.91 Å². The zero-order valence-corrected chi connectivity index (χ0v) is 12.0. The molecule has 2 aromatic rings. The lowest BCUT2D eigenvalue weighted by Crippen LogP contribution is -2.22. The second-order valence-corrected chi connectivity index (χ2v) is 5.09. The lowest BCUT2D eigenvalue weighted by molar-refractivity contribution is 0.0921. The summed E-state index contributed by atoms with van der Waals surface area (Å²) in [7, 11) is 0. The van der Waals surface area contributed by atoms with Crippen molar-refractivity contribution in [1.29, 1.82) is 0 Å². The van der Waals surface area contributed by atoms with E-state index in [1.165, 1.54) is 11.3 Å². The van der Waals surface area contributed by atoms with Crippen LogP contribution in [0.3, 0.4) is 0 Å². The van der Waals surface area contributed by atoms with Crippen molar-refractivity contribution in [3.8, 4) is 11.8 Å². The number of hydrogen-bond donors (Lipinski definition) is 2.